The molecule has 0 unspecified atom stereocenters. The van der Waals surface area contributed by atoms with Gasteiger partial charge in [-0.2, -0.15) is 0 Å². The Bertz CT molecular complexity index is 50.7. The van der Waals surface area contributed by atoms with Gasteiger partial charge in [0.2, 0.25) is 0 Å². The Balaban J connectivity index is 2.32. The Labute approximate surface area is 39.9 Å². The van der Waals surface area contributed by atoms with E-state index in [1.165, 1.54) is 23.7 Å². The van der Waals surface area contributed by atoms with Crippen molar-refractivity contribution in [1.82, 2.24) is 0 Å². The summed E-state index contributed by atoms with van der Waals surface area (Å²) in [5.74, 6) is 0. The van der Waals surface area contributed by atoms with Crippen molar-refractivity contribution in [2.45, 2.75) is 19.3 Å². The molecule has 0 amide bonds. The van der Waals surface area contributed by atoms with E-state index in [1.54, 1.807) is 0 Å². The first-order chi connectivity index (χ1) is 2.39. The summed E-state index contributed by atoms with van der Waals surface area (Å²) in [5, 5.41) is 0. The minimum atomic E-state index is 1.29. The molecule has 0 radical (unpaired) electrons. The van der Waals surface area contributed by atoms with Crippen LogP contribution in [0, 0.1) is 0 Å². The predicted octanol–water partition coefficient (Wildman–Crippen LogP) is 0.889. The van der Waals surface area contributed by atoms with E-state index < -0.39 is 0 Å². The van der Waals surface area contributed by atoms with E-state index in [0.29, 0.717) is 0 Å². The molecule has 0 aromatic heterocycles. The molecule has 1 rings (SSSR count). The van der Waals surface area contributed by atoms with Gasteiger partial charge in [0.15, 0.2) is 0 Å². The van der Waals surface area contributed by atoms with Gasteiger partial charge in [0.25, 0.3) is 0 Å². The number of hydrogen-bond acceptors (Lipinski definition) is 0. The van der Waals surface area contributed by atoms with Gasteiger partial charge in [0, 0.05) is 0 Å². The van der Waals surface area contributed by atoms with Crippen molar-refractivity contribution >= 4 is 4.42 Å². The van der Waals surface area contributed by atoms with Crippen molar-refractivity contribution in [3.05, 3.63) is 0 Å². The van der Waals surface area contributed by atoms with Crippen LogP contribution in [-0.4, -0.2) is 4.42 Å². The zero-order valence-electron chi connectivity index (χ0n) is 2.97. The van der Waals surface area contributed by atoms with Crippen LogP contribution in [0.4, 0.5) is 0 Å². The Kier molecular flexibility index (Phi) is 0.883. The summed E-state index contributed by atoms with van der Waals surface area (Å²) >= 11 is 3.76. The number of hydrogen-bond donors (Lipinski definition) is 0. The second kappa shape index (κ2) is 1.24. The molecular weight excluding hydrogens is 104 g/mol. The van der Waals surface area contributed by atoms with Gasteiger partial charge in [0.1, 0.15) is 0 Å². The van der Waals surface area contributed by atoms with Crippen LogP contribution in [0.5, 0.6) is 0 Å². The van der Waals surface area contributed by atoms with E-state index in [9.17, 15) is 0 Å². The van der Waals surface area contributed by atoms with E-state index in [-0.39, 0.29) is 0 Å². The van der Waals surface area contributed by atoms with Crippen LogP contribution < -0.4 is 0 Å². The van der Waals surface area contributed by atoms with Gasteiger partial charge in [-0.15, -0.1) is 0 Å². The molecule has 1 saturated carbocycles. The summed E-state index contributed by atoms with van der Waals surface area (Å²) in [6, 6.07) is 0. The summed E-state index contributed by atoms with van der Waals surface area (Å²) in [6.07, 6.45) is 3.97. The van der Waals surface area contributed by atoms with Crippen LogP contribution in [0.1, 0.15) is 19.3 Å². The van der Waals surface area contributed by atoms with Crippen molar-refractivity contribution < 1.29 is 15.6 Å². The Morgan fingerprint density at radius 3 is 1.80 bits per heavy atom. The van der Waals surface area contributed by atoms with Gasteiger partial charge < -0.3 is 0 Å². The molecule has 0 saturated heterocycles. The molecule has 0 aromatic rings. The minimum absolute atomic E-state index is 1.29. The Hall–Kier alpha value is 0.389. The van der Waals surface area contributed by atoms with Crippen molar-refractivity contribution in [2.24, 2.45) is 0 Å². The van der Waals surface area contributed by atoms with Gasteiger partial charge in [-0.1, -0.05) is 0 Å². The summed E-state index contributed by atoms with van der Waals surface area (Å²) in [5.41, 5.74) is 0. The first-order valence-electron chi connectivity index (χ1n) is 1.88. The summed E-state index contributed by atoms with van der Waals surface area (Å²) in [6.45, 7) is 0. The normalized spacial score (nSPS) is 22.2. The second-order valence-corrected chi connectivity index (χ2v) is 2.13. The molecule has 0 aliphatic heterocycles. The molecule has 5 heavy (non-hydrogen) atoms. The van der Waals surface area contributed by atoms with Crippen LogP contribution >= 0.6 is 0 Å². The van der Waals surface area contributed by atoms with Crippen molar-refractivity contribution in [3.8, 4) is 0 Å². The maximum atomic E-state index is 3.76. The zero-order chi connectivity index (χ0) is 3.70. The Morgan fingerprint density at radius 2 is 1.80 bits per heavy atom. The third-order valence-corrected chi connectivity index (χ3v) is 1.44. The average molecular weight is 110 g/mol. The molecule has 0 N–H and O–H groups in total. The predicted molar refractivity (Wildman–Crippen MR) is 18.9 cm³/mol. The summed E-state index contributed by atoms with van der Waals surface area (Å²) in [7, 11) is 0. The van der Waals surface area contributed by atoms with Crippen LogP contribution in [0.25, 0.3) is 0 Å². The SMILES string of the molecule is [Fe]=[C]1CCC1. The van der Waals surface area contributed by atoms with Gasteiger partial charge in [-0.05, 0) is 0 Å². The molecule has 1 aliphatic rings. The van der Waals surface area contributed by atoms with Crippen molar-refractivity contribution in [1.29, 1.82) is 0 Å². The fourth-order valence-electron chi connectivity index (χ4n) is 0.302. The van der Waals surface area contributed by atoms with E-state index in [0.717, 1.165) is 0 Å². The standard InChI is InChI=1S/C4H6.Fe/c1-2-4-3-1;/h1-3H2;. The summed E-state index contributed by atoms with van der Waals surface area (Å²) in [4.78, 5) is 0. The molecule has 1 fully saturated rings. The molecule has 0 bridgehead atoms. The molecule has 30 valence electrons. The Morgan fingerprint density at radius 1 is 1.40 bits per heavy atom. The topological polar surface area (TPSA) is 0 Å². The van der Waals surface area contributed by atoms with E-state index in [2.05, 4.69) is 15.6 Å². The molecule has 0 atom stereocenters. The van der Waals surface area contributed by atoms with E-state index >= 15 is 0 Å². The van der Waals surface area contributed by atoms with Gasteiger partial charge in [-0.3, -0.25) is 0 Å². The molecular formula is C4H6Fe. The van der Waals surface area contributed by atoms with E-state index in [1.807, 2.05) is 0 Å². The molecule has 0 aromatic carbocycles. The molecule has 0 nitrogen and oxygen atoms in total. The fourth-order valence-corrected chi connectivity index (χ4v) is 0.692. The molecule has 0 spiro atoms. The van der Waals surface area contributed by atoms with E-state index in [4.69, 9.17) is 0 Å². The van der Waals surface area contributed by atoms with Crippen molar-refractivity contribution in [2.75, 3.05) is 0 Å². The van der Waals surface area contributed by atoms with Gasteiger partial charge in [0.05, 0.1) is 0 Å². The number of rotatable bonds is 0. The van der Waals surface area contributed by atoms with Crippen molar-refractivity contribution in [3.63, 3.8) is 0 Å². The third kappa shape index (κ3) is 0.614. The molecule has 1 aliphatic carbocycles. The molecule has 1 heteroatoms. The first kappa shape index (κ1) is 3.58. The quantitative estimate of drug-likeness (QED) is 0.406. The molecule has 0 heterocycles. The zero-order valence-corrected chi connectivity index (χ0v) is 4.08. The maximum absolute atomic E-state index is 3.76. The van der Waals surface area contributed by atoms with Crippen LogP contribution in [0.3, 0.4) is 0 Å². The third-order valence-electron chi connectivity index (χ3n) is 0.884. The second-order valence-electron chi connectivity index (χ2n) is 1.35. The van der Waals surface area contributed by atoms with Crippen LogP contribution in [-0.2, 0) is 15.6 Å². The van der Waals surface area contributed by atoms with Crippen LogP contribution in [0.2, 0.25) is 0 Å². The van der Waals surface area contributed by atoms with Gasteiger partial charge >= 0.3 is 39.3 Å². The van der Waals surface area contributed by atoms with Crippen LogP contribution in [0.15, 0.2) is 0 Å². The summed E-state index contributed by atoms with van der Waals surface area (Å²) < 4.78 is 1.44. The fraction of sp³-hybridized carbons (Fsp3) is 0.750. The average Bonchev–Trinajstić information content (AvgIpc) is 1.30. The van der Waals surface area contributed by atoms with Gasteiger partial charge in [-0.25, -0.2) is 0 Å². The first-order valence-corrected chi connectivity index (χ1v) is 2.44. The monoisotopic (exact) mass is 110 g/mol.